The Morgan fingerprint density at radius 3 is 2.33 bits per heavy atom. The van der Waals surface area contributed by atoms with E-state index in [2.05, 4.69) is 107 Å². The third kappa shape index (κ3) is 3.86. The first kappa shape index (κ1) is 23.3. The van der Waals surface area contributed by atoms with E-state index in [0.717, 1.165) is 22.6 Å². The zero-order valence-corrected chi connectivity index (χ0v) is 23.3. The molecule has 0 spiro atoms. The van der Waals surface area contributed by atoms with Crippen molar-refractivity contribution < 1.29 is 0 Å². The number of aryl methyl sites for hydroxylation is 1. The van der Waals surface area contributed by atoms with Crippen LogP contribution in [0.15, 0.2) is 109 Å². The van der Waals surface area contributed by atoms with Gasteiger partial charge in [-0.05, 0) is 73.2 Å². The summed E-state index contributed by atoms with van der Waals surface area (Å²) in [6.07, 6.45) is 8.22. The molecule has 0 aliphatic carbocycles. The average Bonchev–Trinajstić information content (AvgIpc) is 3.68. The molecule has 0 unspecified atom stereocenters. The molecule has 5 heteroatoms. The Kier molecular flexibility index (Phi) is 5.40. The molecule has 0 N–H and O–H groups in total. The van der Waals surface area contributed by atoms with Gasteiger partial charge in [0, 0.05) is 52.6 Å². The molecule has 5 heterocycles. The summed E-state index contributed by atoms with van der Waals surface area (Å²) in [5, 5.41) is 5.00. The standard InChI is InChI=1S/C35H23N3S2/c1-22-9-13-25(39-22)14-10-23-11-15-27-28-16-12-24(19-35(28)40-34(27)18-23)38-32-8-3-2-6-26(32)29-20-31(37-21-33(29)38)30-7-4-5-17-36-30/h2-21H,1H3/b14-10+. The summed E-state index contributed by atoms with van der Waals surface area (Å²) in [6.45, 7) is 2.15. The maximum absolute atomic E-state index is 4.82. The van der Waals surface area contributed by atoms with Gasteiger partial charge in [-0.15, -0.1) is 22.7 Å². The predicted octanol–water partition coefficient (Wildman–Crippen LogP) is 10.1. The summed E-state index contributed by atoms with van der Waals surface area (Å²) in [4.78, 5) is 12.0. The molecule has 0 saturated carbocycles. The zero-order chi connectivity index (χ0) is 26.6. The van der Waals surface area contributed by atoms with Crippen LogP contribution in [0.1, 0.15) is 15.3 Å². The van der Waals surface area contributed by atoms with Crippen LogP contribution in [-0.2, 0) is 0 Å². The quantitative estimate of drug-likeness (QED) is 0.219. The van der Waals surface area contributed by atoms with Crippen LogP contribution in [0, 0.1) is 6.92 Å². The van der Waals surface area contributed by atoms with Crippen LogP contribution in [-0.4, -0.2) is 14.5 Å². The van der Waals surface area contributed by atoms with Gasteiger partial charge in [0.1, 0.15) is 0 Å². The van der Waals surface area contributed by atoms with E-state index in [1.54, 1.807) is 0 Å². The summed E-state index contributed by atoms with van der Waals surface area (Å²) in [5.74, 6) is 0. The van der Waals surface area contributed by atoms with E-state index in [9.17, 15) is 0 Å². The van der Waals surface area contributed by atoms with Gasteiger partial charge in [-0.25, -0.2) is 0 Å². The average molecular weight is 550 g/mol. The molecular weight excluding hydrogens is 527 g/mol. The van der Waals surface area contributed by atoms with E-state index in [1.807, 2.05) is 53.3 Å². The highest BCUT2D eigenvalue weighted by molar-refractivity contribution is 7.25. The number of fused-ring (bicyclic) bond motifs is 6. The maximum atomic E-state index is 4.82. The second-order valence-corrected chi connectivity index (χ2v) is 12.4. The lowest BCUT2D eigenvalue weighted by Gasteiger charge is -2.08. The largest absolute Gasteiger partial charge is 0.308 e. The first-order valence-corrected chi connectivity index (χ1v) is 14.9. The fourth-order valence-corrected chi connectivity index (χ4v) is 7.51. The number of pyridine rings is 2. The molecule has 3 aromatic carbocycles. The molecule has 0 amide bonds. The molecule has 0 atom stereocenters. The molecule has 190 valence electrons. The van der Waals surface area contributed by atoms with Crippen molar-refractivity contribution in [2.24, 2.45) is 0 Å². The molecule has 0 fully saturated rings. The second kappa shape index (κ2) is 9.26. The summed E-state index contributed by atoms with van der Waals surface area (Å²) in [5.41, 5.74) is 6.41. The molecule has 0 aliphatic heterocycles. The topological polar surface area (TPSA) is 30.7 Å². The van der Waals surface area contributed by atoms with Crippen LogP contribution in [0.25, 0.3) is 71.2 Å². The molecule has 40 heavy (non-hydrogen) atoms. The SMILES string of the molecule is Cc1ccc(/C=C/c2ccc3c(c2)sc2cc(-n4c5ccccc5c5cc(-c6ccccn6)ncc54)ccc23)s1. The van der Waals surface area contributed by atoms with Gasteiger partial charge in [-0.2, -0.15) is 0 Å². The van der Waals surface area contributed by atoms with Gasteiger partial charge in [0.2, 0.25) is 0 Å². The van der Waals surface area contributed by atoms with Crippen molar-refractivity contribution in [2.45, 2.75) is 6.92 Å². The van der Waals surface area contributed by atoms with Gasteiger partial charge in [0.15, 0.2) is 0 Å². The summed E-state index contributed by atoms with van der Waals surface area (Å²) in [6, 6.07) is 34.7. The molecule has 0 radical (unpaired) electrons. The Balaban J connectivity index is 1.25. The highest BCUT2D eigenvalue weighted by atomic mass is 32.1. The Morgan fingerprint density at radius 1 is 0.625 bits per heavy atom. The van der Waals surface area contributed by atoms with Crippen molar-refractivity contribution in [3.63, 3.8) is 0 Å². The van der Waals surface area contributed by atoms with Gasteiger partial charge in [0.05, 0.1) is 28.6 Å². The predicted molar refractivity (Wildman–Crippen MR) is 173 cm³/mol. The van der Waals surface area contributed by atoms with Crippen LogP contribution in [0.4, 0.5) is 0 Å². The molecule has 8 aromatic rings. The van der Waals surface area contributed by atoms with Gasteiger partial charge >= 0.3 is 0 Å². The highest BCUT2D eigenvalue weighted by Gasteiger charge is 2.15. The lowest BCUT2D eigenvalue weighted by molar-refractivity contribution is 1.17. The molecule has 0 bridgehead atoms. The first-order chi connectivity index (χ1) is 19.7. The van der Waals surface area contributed by atoms with Crippen LogP contribution >= 0.6 is 22.7 Å². The highest BCUT2D eigenvalue weighted by Crippen LogP contribution is 2.38. The Bertz CT molecular complexity index is 2230. The van der Waals surface area contributed by atoms with Crippen molar-refractivity contribution in [1.82, 2.24) is 14.5 Å². The van der Waals surface area contributed by atoms with Crippen molar-refractivity contribution in [1.29, 1.82) is 0 Å². The summed E-state index contributed by atoms with van der Waals surface area (Å²) < 4.78 is 4.92. The number of para-hydroxylation sites is 1. The van der Waals surface area contributed by atoms with Crippen molar-refractivity contribution in [3.8, 4) is 17.1 Å². The number of benzene rings is 3. The molecule has 0 saturated heterocycles. The number of nitrogens with zero attached hydrogens (tertiary/aromatic N) is 3. The smallest absolute Gasteiger partial charge is 0.0893 e. The summed E-state index contributed by atoms with van der Waals surface area (Å²) in [7, 11) is 0. The van der Waals surface area contributed by atoms with E-state index >= 15 is 0 Å². The molecule has 0 aliphatic rings. The minimum absolute atomic E-state index is 0.882. The monoisotopic (exact) mass is 549 g/mol. The van der Waals surface area contributed by atoms with Gasteiger partial charge in [-0.1, -0.05) is 48.5 Å². The number of aromatic nitrogens is 3. The van der Waals surface area contributed by atoms with E-state index in [1.165, 1.54) is 51.8 Å². The lowest BCUT2D eigenvalue weighted by atomic mass is 10.1. The van der Waals surface area contributed by atoms with Crippen molar-refractivity contribution in [3.05, 3.63) is 125 Å². The van der Waals surface area contributed by atoms with Gasteiger partial charge in [-0.3, -0.25) is 9.97 Å². The van der Waals surface area contributed by atoms with Crippen LogP contribution in [0.3, 0.4) is 0 Å². The van der Waals surface area contributed by atoms with Crippen molar-refractivity contribution >= 4 is 76.8 Å². The molecular formula is C35H23N3S2. The number of rotatable bonds is 4. The second-order valence-electron chi connectivity index (χ2n) is 9.97. The summed E-state index contributed by atoms with van der Waals surface area (Å²) >= 11 is 3.68. The van der Waals surface area contributed by atoms with E-state index < -0.39 is 0 Å². The zero-order valence-electron chi connectivity index (χ0n) is 21.7. The third-order valence-corrected chi connectivity index (χ3v) is 9.51. The minimum atomic E-state index is 0.882. The van der Waals surface area contributed by atoms with Crippen LogP contribution in [0.2, 0.25) is 0 Å². The minimum Gasteiger partial charge on any atom is -0.308 e. The molecule has 8 rings (SSSR count). The Labute approximate surface area is 239 Å². The first-order valence-electron chi connectivity index (χ1n) is 13.2. The number of thiophene rings is 2. The fourth-order valence-electron chi connectivity index (χ4n) is 5.55. The lowest BCUT2D eigenvalue weighted by Crippen LogP contribution is -1.94. The van der Waals surface area contributed by atoms with E-state index in [0.29, 0.717) is 0 Å². The van der Waals surface area contributed by atoms with E-state index in [4.69, 9.17) is 4.98 Å². The van der Waals surface area contributed by atoms with Crippen LogP contribution in [0.5, 0.6) is 0 Å². The van der Waals surface area contributed by atoms with E-state index in [-0.39, 0.29) is 0 Å². The Morgan fingerprint density at radius 2 is 1.48 bits per heavy atom. The van der Waals surface area contributed by atoms with Gasteiger partial charge < -0.3 is 4.57 Å². The third-order valence-electron chi connectivity index (χ3n) is 7.43. The molecule has 5 aromatic heterocycles. The van der Waals surface area contributed by atoms with Crippen molar-refractivity contribution in [2.75, 3.05) is 0 Å². The van der Waals surface area contributed by atoms with Gasteiger partial charge in [0.25, 0.3) is 0 Å². The normalized spacial score (nSPS) is 12.0. The number of hydrogen-bond acceptors (Lipinski definition) is 4. The number of hydrogen-bond donors (Lipinski definition) is 0. The Hall–Kier alpha value is -4.58. The fraction of sp³-hybridized carbons (Fsp3) is 0.0286. The van der Waals surface area contributed by atoms with Crippen LogP contribution < -0.4 is 0 Å². The molecule has 3 nitrogen and oxygen atoms in total. The maximum Gasteiger partial charge on any atom is 0.0893 e.